The van der Waals surface area contributed by atoms with Crippen molar-refractivity contribution in [1.82, 2.24) is 19.7 Å². The van der Waals surface area contributed by atoms with Crippen LogP contribution in [0, 0.1) is 11.8 Å². The average molecular weight is 345 g/mol. The van der Waals surface area contributed by atoms with Gasteiger partial charge in [-0.1, -0.05) is 19.3 Å². The van der Waals surface area contributed by atoms with Crippen LogP contribution in [0.5, 0.6) is 0 Å². The lowest BCUT2D eigenvalue weighted by Gasteiger charge is -2.21. The van der Waals surface area contributed by atoms with Crippen molar-refractivity contribution >= 4 is 11.9 Å². The van der Waals surface area contributed by atoms with Crippen LogP contribution in [-0.2, 0) is 4.79 Å². The molecule has 1 N–H and O–H groups in total. The molecule has 1 aliphatic carbocycles. The second-order valence-corrected chi connectivity index (χ2v) is 6.81. The summed E-state index contributed by atoms with van der Waals surface area (Å²) in [7, 11) is 1.59. The van der Waals surface area contributed by atoms with Crippen molar-refractivity contribution in [3.05, 3.63) is 6.33 Å². The molecule has 2 atom stereocenters. The SMILES string of the molecule is CN1C[C@@H](C(F)(F)F)[C@H](C(=O)Nc2ncn(C3CCCCC3)n2)C1. The highest BCUT2D eigenvalue weighted by molar-refractivity contribution is 5.91. The Morgan fingerprint density at radius 3 is 2.62 bits per heavy atom. The molecule has 3 rings (SSSR count). The summed E-state index contributed by atoms with van der Waals surface area (Å²) in [5.41, 5.74) is 0. The molecule has 9 heteroatoms. The van der Waals surface area contributed by atoms with Crippen LogP contribution >= 0.6 is 0 Å². The van der Waals surface area contributed by atoms with Crippen molar-refractivity contribution in [1.29, 1.82) is 0 Å². The summed E-state index contributed by atoms with van der Waals surface area (Å²) in [5.74, 6) is -3.36. The van der Waals surface area contributed by atoms with Crippen LogP contribution in [0.4, 0.5) is 19.1 Å². The molecule has 2 heterocycles. The van der Waals surface area contributed by atoms with Crippen molar-refractivity contribution in [3.8, 4) is 0 Å². The first-order valence-electron chi connectivity index (χ1n) is 8.32. The maximum Gasteiger partial charge on any atom is 0.393 e. The van der Waals surface area contributed by atoms with E-state index < -0.39 is 23.9 Å². The summed E-state index contributed by atoms with van der Waals surface area (Å²) in [6.07, 6.45) is 2.67. The molecule has 0 bridgehead atoms. The van der Waals surface area contributed by atoms with Crippen molar-refractivity contribution in [2.75, 3.05) is 25.5 Å². The first-order valence-corrected chi connectivity index (χ1v) is 8.32. The molecular formula is C15H22F3N5O. The zero-order chi connectivity index (χ0) is 17.3. The van der Waals surface area contributed by atoms with E-state index in [1.54, 1.807) is 18.1 Å². The number of hydrogen-bond donors (Lipinski definition) is 1. The summed E-state index contributed by atoms with van der Waals surface area (Å²) in [5, 5.41) is 6.69. The molecule has 0 aromatic carbocycles. The van der Waals surface area contributed by atoms with Crippen LogP contribution in [0.25, 0.3) is 0 Å². The van der Waals surface area contributed by atoms with Gasteiger partial charge in [0.2, 0.25) is 11.9 Å². The number of aromatic nitrogens is 3. The summed E-state index contributed by atoms with van der Waals surface area (Å²) >= 11 is 0. The van der Waals surface area contributed by atoms with Gasteiger partial charge >= 0.3 is 6.18 Å². The molecule has 24 heavy (non-hydrogen) atoms. The van der Waals surface area contributed by atoms with Gasteiger partial charge in [-0.25, -0.2) is 9.67 Å². The number of likely N-dealkylation sites (tertiary alicyclic amines) is 1. The molecular weight excluding hydrogens is 323 g/mol. The normalized spacial score (nSPS) is 26.7. The third-order valence-corrected chi connectivity index (χ3v) is 4.95. The fourth-order valence-corrected chi connectivity index (χ4v) is 3.65. The van der Waals surface area contributed by atoms with Crippen LogP contribution in [0.1, 0.15) is 38.1 Å². The lowest BCUT2D eigenvalue weighted by atomic mass is 9.95. The summed E-state index contributed by atoms with van der Waals surface area (Å²) in [4.78, 5) is 17.8. The molecule has 0 radical (unpaired) electrons. The van der Waals surface area contributed by atoms with Gasteiger partial charge < -0.3 is 4.90 Å². The molecule has 0 unspecified atom stereocenters. The van der Waals surface area contributed by atoms with Crippen LogP contribution < -0.4 is 5.32 Å². The van der Waals surface area contributed by atoms with Gasteiger partial charge in [0.1, 0.15) is 6.33 Å². The van der Waals surface area contributed by atoms with Gasteiger partial charge in [0.25, 0.3) is 0 Å². The molecule has 2 aliphatic rings. The van der Waals surface area contributed by atoms with E-state index in [-0.39, 0.29) is 25.1 Å². The minimum Gasteiger partial charge on any atom is -0.305 e. The highest BCUT2D eigenvalue weighted by atomic mass is 19.4. The van der Waals surface area contributed by atoms with E-state index in [0.29, 0.717) is 0 Å². The van der Waals surface area contributed by atoms with Crippen LogP contribution in [0.15, 0.2) is 6.33 Å². The number of carbonyl (C=O) groups excluding carboxylic acids is 1. The van der Waals surface area contributed by atoms with Crippen molar-refractivity contribution in [2.45, 2.75) is 44.3 Å². The highest BCUT2D eigenvalue weighted by Crippen LogP contribution is 2.37. The predicted octanol–water partition coefficient (Wildman–Crippen LogP) is 2.46. The van der Waals surface area contributed by atoms with Crippen LogP contribution in [0.3, 0.4) is 0 Å². The van der Waals surface area contributed by atoms with Crippen molar-refractivity contribution in [2.24, 2.45) is 11.8 Å². The number of rotatable bonds is 3. The Morgan fingerprint density at radius 1 is 1.25 bits per heavy atom. The van der Waals surface area contributed by atoms with E-state index in [0.717, 1.165) is 25.7 Å². The van der Waals surface area contributed by atoms with E-state index in [4.69, 9.17) is 0 Å². The van der Waals surface area contributed by atoms with Crippen molar-refractivity contribution in [3.63, 3.8) is 0 Å². The Morgan fingerprint density at radius 2 is 1.96 bits per heavy atom. The molecule has 134 valence electrons. The monoisotopic (exact) mass is 345 g/mol. The Balaban J connectivity index is 1.65. The maximum atomic E-state index is 13.1. The van der Waals surface area contributed by atoms with Gasteiger partial charge in [-0.3, -0.25) is 10.1 Å². The van der Waals surface area contributed by atoms with Gasteiger partial charge in [-0.15, -0.1) is 5.10 Å². The number of halogens is 3. The number of carbonyl (C=O) groups is 1. The van der Waals surface area contributed by atoms with Gasteiger partial charge in [0.05, 0.1) is 17.9 Å². The molecule has 1 saturated carbocycles. The fourth-order valence-electron chi connectivity index (χ4n) is 3.65. The molecule has 1 amide bonds. The first kappa shape index (κ1) is 17.2. The van der Waals surface area contributed by atoms with Gasteiger partial charge in [0, 0.05) is 13.1 Å². The molecule has 6 nitrogen and oxygen atoms in total. The Bertz CT molecular complexity index is 582. The van der Waals surface area contributed by atoms with Gasteiger partial charge in [0.15, 0.2) is 0 Å². The lowest BCUT2D eigenvalue weighted by molar-refractivity contribution is -0.182. The molecule has 1 saturated heterocycles. The first-order chi connectivity index (χ1) is 11.3. The minimum absolute atomic E-state index is 0.0827. The minimum atomic E-state index is -4.39. The zero-order valence-electron chi connectivity index (χ0n) is 13.6. The van der Waals surface area contributed by atoms with E-state index in [1.807, 2.05) is 0 Å². The lowest BCUT2D eigenvalue weighted by Crippen LogP contribution is -2.37. The highest BCUT2D eigenvalue weighted by Gasteiger charge is 2.51. The molecule has 1 aliphatic heterocycles. The Labute approximate surface area is 138 Å². The third-order valence-electron chi connectivity index (χ3n) is 4.95. The van der Waals surface area contributed by atoms with Crippen molar-refractivity contribution < 1.29 is 18.0 Å². The number of alkyl halides is 3. The largest absolute Gasteiger partial charge is 0.393 e. The third kappa shape index (κ3) is 3.71. The smallest absolute Gasteiger partial charge is 0.305 e. The van der Waals surface area contributed by atoms with Gasteiger partial charge in [-0.05, 0) is 19.9 Å². The van der Waals surface area contributed by atoms with E-state index in [2.05, 4.69) is 15.4 Å². The number of anilines is 1. The second-order valence-electron chi connectivity index (χ2n) is 6.81. The predicted molar refractivity (Wildman–Crippen MR) is 81.3 cm³/mol. The average Bonchev–Trinajstić information content (AvgIpc) is 3.14. The Kier molecular flexibility index (Phi) is 4.80. The summed E-state index contributed by atoms with van der Waals surface area (Å²) < 4.78 is 41.0. The van der Waals surface area contributed by atoms with E-state index in [9.17, 15) is 18.0 Å². The molecule has 1 aromatic heterocycles. The summed E-state index contributed by atoms with van der Waals surface area (Å²) in [6, 6.07) is 0.262. The van der Waals surface area contributed by atoms with Crippen LogP contribution in [0.2, 0.25) is 0 Å². The number of amides is 1. The number of nitrogens with one attached hydrogen (secondary N) is 1. The quantitative estimate of drug-likeness (QED) is 0.914. The molecule has 1 aromatic rings. The van der Waals surface area contributed by atoms with E-state index >= 15 is 0 Å². The topological polar surface area (TPSA) is 63.1 Å². The fraction of sp³-hybridized carbons (Fsp3) is 0.800. The van der Waals surface area contributed by atoms with Gasteiger partial charge in [-0.2, -0.15) is 13.2 Å². The van der Waals surface area contributed by atoms with Crippen LogP contribution in [-0.4, -0.2) is 51.9 Å². The second kappa shape index (κ2) is 6.70. The summed E-state index contributed by atoms with van der Waals surface area (Å²) in [6.45, 7) is -0.0785. The number of nitrogens with zero attached hydrogens (tertiary/aromatic N) is 4. The molecule has 0 spiro atoms. The maximum absolute atomic E-state index is 13.1. The zero-order valence-corrected chi connectivity index (χ0v) is 13.6. The standard InChI is InChI=1S/C15H22F3N5O/c1-22-7-11(12(8-22)15(16,17)18)13(24)20-14-19-9-23(21-14)10-5-3-2-4-6-10/h9-12H,2-8H2,1H3,(H,20,21,24)/t11-,12-/m1/s1. The molecule has 2 fully saturated rings. The number of hydrogen-bond acceptors (Lipinski definition) is 4. The van der Waals surface area contributed by atoms with E-state index in [1.165, 1.54) is 11.3 Å². The Hall–Kier alpha value is -1.64.